The van der Waals surface area contributed by atoms with Gasteiger partial charge >= 0.3 is 6.09 Å². The third-order valence-electron chi connectivity index (χ3n) is 4.53. The zero-order chi connectivity index (χ0) is 20.2. The molecule has 2 heterocycles. The Labute approximate surface area is 161 Å². The first-order valence-corrected chi connectivity index (χ1v) is 9.38. The Balaban J connectivity index is 2.35. The summed E-state index contributed by atoms with van der Waals surface area (Å²) in [7, 11) is 0. The van der Waals surface area contributed by atoms with E-state index < -0.39 is 11.7 Å². The fourth-order valence-corrected chi connectivity index (χ4v) is 2.84. The number of nitrogens with one attached hydrogen (secondary N) is 2. The molecule has 1 aromatic rings. The molecule has 0 saturated heterocycles. The Morgan fingerprint density at radius 2 is 2.07 bits per heavy atom. The van der Waals surface area contributed by atoms with E-state index in [-0.39, 0.29) is 23.3 Å². The van der Waals surface area contributed by atoms with Crippen LogP contribution in [-0.4, -0.2) is 29.1 Å². The van der Waals surface area contributed by atoms with E-state index in [1.54, 1.807) is 6.20 Å². The molecule has 2 N–H and O–H groups in total. The van der Waals surface area contributed by atoms with Gasteiger partial charge in [-0.15, -0.1) is 0 Å². The summed E-state index contributed by atoms with van der Waals surface area (Å²) in [6, 6.07) is 3.61. The molecule has 0 aromatic carbocycles. The van der Waals surface area contributed by atoms with Gasteiger partial charge in [-0.2, -0.15) is 0 Å². The summed E-state index contributed by atoms with van der Waals surface area (Å²) in [5, 5.41) is 5.93. The van der Waals surface area contributed by atoms with E-state index in [0.717, 1.165) is 11.3 Å². The van der Waals surface area contributed by atoms with Gasteiger partial charge in [0.1, 0.15) is 5.60 Å². The van der Waals surface area contributed by atoms with Crippen LogP contribution in [0.2, 0.25) is 0 Å². The number of hydrogen-bond acceptors (Lipinski definition) is 4. The van der Waals surface area contributed by atoms with Crippen molar-refractivity contribution in [2.24, 2.45) is 5.92 Å². The van der Waals surface area contributed by atoms with Crippen LogP contribution in [0.4, 0.5) is 4.79 Å². The Hall–Kier alpha value is -2.37. The van der Waals surface area contributed by atoms with Crippen LogP contribution in [0.1, 0.15) is 65.3 Å². The normalized spacial score (nSPS) is 24.0. The van der Waals surface area contributed by atoms with Crippen LogP contribution >= 0.6 is 0 Å². The van der Waals surface area contributed by atoms with E-state index in [2.05, 4.69) is 29.5 Å². The number of ether oxygens (including phenoxy) is 1. The van der Waals surface area contributed by atoms with Gasteiger partial charge in [-0.25, -0.2) is 4.79 Å². The number of amides is 2. The maximum Gasteiger partial charge on any atom is 0.408 e. The average Bonchev–Trinajstić information content (AvgIpc) is 2.56. The summed E-state index contributed by atoms with van der Waals surface area (Å²) in [4.78, 5) is 29.1. The molecule has 0 fully saturated rings. The SMILES string of the molecule is C[C@@H]1/C=C/C[C@H](NC(=O)OC(C)(C)C)c2cc(ccn2)C(C)(C)CNC1=O. The molecule has 1 aliphatic rings. The number of nitrogens with zero attached hydrogens (tertiary/aromatic N) is 1. The van der Waals surface area contributed by atoms with Crippen molar-refractivity contribution < 1.29 is 14.3 Å². The molecule has 0 spiro atoms. The van der Waals surface area contributed by atoms with E-state index in [1.807, 2.05) is 52.0 Å². The Morgan fingerprint density at radius 3 is 2.74 bits per heavy atom. The summed E-state index contributed by atoms with van der Waals surface area (Å²) in [6.45, 7) is 12.0. The lowest BCUT2D eigenvalue weighted by atomic mass is 9.84. The summed E-state index contributed by atoms with van der Waals surface area (Å²) >= 11 is 0. The molecule has 6 nitrogen and oxygen atoms in total. The van der Waals surface area contributed by atoms with Crippen molar-refractivity contribution in [3.63, 3.8) is 0 Å². The van der Waals surface area contributed by atoms with Crippen LogP contribution in [0, 0.1) is 5.92 Å². The maximum absolute atomic E-state index is 12.3. The number of alkyl carbamates (subject to hydrolysis) is 1. The topological polar surface area (TPSA) is 80.3 Å². The number of carbonyl (C=O) groups excluding carboxylic acids is 2. The number of carbonyl (C=O) groups is 2. The molecule has 0 aliphatic carbocycles. The fraction of sp³-hybridized carbons (Fsp3) is 0.571. The quantitative estimate of drug-likeness (QED) is 0.737. The molecule has 2 amide bonds. The van der Waals surface area contributed by atoms with Crippen molar-refractivity contribution in [1.29, 1.82) is 0 Å². The fourth-order valence-electron chi connectivity index (χ4n) is 2.84. The number of aromatic nitrogens is 1. The lowest BCUT2D eigenvalue weighted by molar-refractivity contribution is -0.123. The summed E-state index contributed by atoms with van der Waals surface area (Å²) in [6.07, 6.45) is 5.56. The Morgan fingerprint density at radius 1 is 1.37 bits per heavy atom. The highest BCUT2D eigenvalue weighted by molar-refractivity contribution is 5.80. The number of fused-ring (bicyclic) bond motifs is 2. The highest BCUT2D eigenvalue weighted by Gasteiger charge is 2.26. The monoisotopic (exact) mass is 373 g/mol. The minimum absolute atomic E-state index is 0.00849. The maximum atomic E-state index is 12.3. The summed E-state index contributed by atoms with van der Waals surface area (Å²) < 4.78 is 5.40. The molecule has 0 saturated carbocycles. The van der Waals surface area contributed by atoms with Crippen molar-refractivity contribution in [2.75, 3.05) is 6.54 Å². The van der Waals surface area contributed by atoms with Gasteiger partial charge in [0, 0.05) is 18.2 Å². The average molecular weight is 373 g/mol. The molecular weight excluding hydrogens is 342 g/mol. The van der Waals surface area contributed by atoms with Crippen LogP contribution in [-0.2, 0) is 14.9 Å². The van der Waals surface area contributed by atoms with Crippen LogP contribution in [0.15, 0.2) is 30.5 Å². The van der Waals surface area contributed by atoms with Gasteiger partial charge < -0.3 is 15.4 Å². The third-order valence-corrected chi connectivity index (χ3v) is 4.53. The van der Waals surface area contributed by atoms with Gasteiger partial charge in [-0.3, -0.25) is 9.78 Å². The van der Waals surface area contributed by atoms with Gasteiger partial charge in [-0.05, 0) is 44.9 Å². The molecule has 0 unspecified atom stereocenters. The van der Waals surface area contributed by atoms with Crippen LogP contribution in [0.25, 0.3) is 0 Å². The number of hydrogen-bond donors (Lipinski definition) is 2. The van der Waals surface area contributed by atoms with Gasteiger partial charge in [0.05, 0.1) is 17.7 Å². The first-order valence-electron chi connectivity index (χ1n) is 9.38. The highest BCUT2D eigenvalue weighted by atomic mass is 16.6. The van der Waals surface area contributed by atoms with E-state index >= 15 is 0 Å². The molecule has 148 valence electrons. The third kappa shape index (κ3) is 6.08. The van der Waals surface area contributed by atoms with Gasteiger partial charge in [-0.1, -0.05) is 32.9 Å². The second-order valence-electron chi connectivity index (χ2n) is 8.72. The van der Waals surface area contributed by atoms with Crippen molar-refractivity contribution in [3.05, 3.63) is 41.7 Å². The number of pyridine rings is 1. The van der Waals surface area contributed by atoms with Gasteiger partial charge in [0.25, 0.3) is 0 Å². The second kappa shape index (κ2) is 8.11. The smallest absolute Gasteiger partial charge is 0.408 e. The predicted octanol–water partition coefficient (Wildman–Crippen LogP) is 3.64. The predicted molar refractivity (Wildman–Crippen MR) is 105 cm³/mol. The zero-order valence-electron chi connectivity index (χ0n) is 17.1. The van der Waals surface area contributed by atoms with E-state index in [4.69, 9.17) is 4.74 Å². The second-order valence-corrected chi connectivity index (χ2v) is 8.72. The molecular formula is C21H31N3O3. The molecule has 2 rings (SSSR count). The molecule has 1 aromatic heterocycles. The molecule has 2 atom stereocenters. The first-order chi connectivity index (χ1) is 12.5. The lowest BCUT2D eigenvalue weighted by Crippen LogP contribution is -2.39. The van der Waals surface area contributed by atoms with E-state index in [1.165, 1.54) is 0 Å². The largest absolute Gasteiger partial charge is 0.444 e. The summed E-state index contributed by atoms with van der Waals surface area (Å²) in [5.74, 6) is -0.250. The Bertz CT molecular complexity index is 720. The van der Waals surface area contributed by atoms with Crippen molar-refractivity contribution in [3.8, 4) is 0 Å². The molecule has 1 aliphatic heterocycles. The van der Waals surface area contributed by atoms with Crippen LogP contribution < -0.4 is 10.6 Å². The summed E-state index contributed by atoms with van der Waals surface area (Å²) in [5.41, 5.74) is 0.998. The van der Waals surface area contributed by atoms with Crippen molar-refractivity contribution in [2.45, 2.75) is 65.0 Å². The van der Waals surface area contributed by atoms with E-state index in [9.17, 15) is 9.59 Å². The zero-order valence-corrected chi connectivity index (χ0v) is 17.1. The lowest BCUT2D eigenvalue weighted by Gasteiger charge is -2.28. The van der Waals surface area contributed by atoms with Crippen LogP contribution in [0.3, 0.4) is 0 Å². The minimum Gasteiger partial charge on any atom is -0.444 e. The molecule has 2 bridgehead atoms. The first kappa shape index (κ1) is 20.9. The van der Waals surface area contributed by atoms with E-state index in [0.29, 0.717) is 13.0 Å². The molecule has 6 heteroatoms. The van der Waals surface area contributed by atoms with Gasteiger partial charge in [0.15, 0.2) is 0 Å². The molecule has 27 heavy (non-hydrogen) atoms. The van der Waals surface area contributed by atoms with Crippen LogP contribution in [0.5, 0.6) is 0 Å². The Kier molecular flexibility index (Phi) is 6.29. The highest BCUT2D eigenvalue weighted by Crippen LogP contribution is 2.26. The number of rotatable bonds is 1. The van der Waals surface area contributed by atoms with Crippen molar-refractivity contribution in [1.82, 2.24) is 15.6 Å². The van der Waals surface area contributed by atoms with Gasteiger partial charge in [0.2, 0.25) is 5.91 Å². The standard InChI is InChI=1S/C21H31N3O3/c1-14-8-7-9-16(24-19(26)27-20(2,3)4)17-12-15(10-11-22-17)21(5,6)13-23-18(14)25/h7-8,10-12,14,16H,9,13H2,1-6H3,(H,23,25)(H,24,26)/b8-7+/t14-,16+/m1/s1. The van der Waals surface area contributed by atoms with Crippen molar-refractivity contribution >= 4 is 12.0 Å². The minimum atomic E-state index is -0.574. The molecule has 0 radical (unpaired) electrons.